The zero-order valence-corrected chi connectivity index (χ0v) is 6.78. The molecule has 0 aliphatic heterocycles. The molecule has 0 saturated carbocycles. The first kappa shape index (κ1) is 11.0. The molecule has 0 aliphatic rings. The van der Waals surface area contributed by atoms with Crippen molar-refractivity contribution in [3.63, 3.8) is 0 Å². The SMILES string of the molecule is [B]C(c1cc(F)cc(F)c1)C(F)(F)F. The summed E-state index contributed by atoms with van der Waals surface area (Å²) >= 11 is 0. The summed E-state index contributed by atoms with van der Waals surface area (Å²) in [6.07, 6.45) is -4.71. The molecule has 1 atom stereocenters. The monoisotopic (exact) mass is 206 g/mol. The van der Waals surface area contributed by atoms with Gasteiger partial charge in [0, 0.05) is 11.9 Å². The van der Waals surface area contributed by atoms with Crippen LogP contribution in [0.3, 0.4) is 0 Å². The average Bonchev–Trinajstić information content (AvgIpc) is 1.99. The van der Waals surface area contributed by atoms with Gasteiger partial charge in [-0.3, -0.25) is 0 Å². The summed E-state index contributed by atoms with van der Waals surface area (Å²) in [4.78, 5) is 0. The second kappa shape index (κ2) is 3.59. The number of rotatable bonds is 1. The Bertz CT molecular complexity index is 313. The van der Waals surface area contributed by atoms with Gasteiger partial charge in [-0.2, -0.15) is 13.2 Å². The number of halogens is 5. The average molecular weight is 206 g/mol. The van der Waals surface area contributed by atoms with Crippen molar-refractivity contribution in [1.29, 1.82) is 0 Å². The molecule has 2 radical (unpaired) electrons. The van der Waals surface area contributed by atoms with E-state index in [4.69, 9.17) is 7.85 Å². The Kier molecular flexibility index (Phi) is 2.82. The number of hydrogen-bond donors (Lipinski definition) is 0. The Balaban J connectivity index is 3.07. The molecule has 0 aromatic heterocycles. The second-order valence-corrected chi connectivity index (χ2v) is 2.72. The van der Waals surface area contributed by atoms with Gasteiger partial charge in [0.1, 0.15) is 11.6 Å². The molecule has 0 aliphatic carbocycles. The predicted octanol–water partition coefficient (Wildman–Crippen LogP) is 2.74. The molecule has 1 aromatic carbocycles. The lowest BCUT2D eigenvalue weighted by atomic mass is 9.80. The topological polar surface area (TPSA) is 0 Å². The molecular formula is C8H4BF5. The molecule has 1 rings (SSSR count). The maximum atomic E-state index is 12.5. The Morgan fingerprint density at radius 3 is 1.79 bits per heavy atom. The van der Waals surface area contributed by atoms with Crippen LogP contribution in [0.25, 0.3) is 0 Å². The molecule has 0 N–H and O–H groups in total. The van der Waals surface area contributed by atoms with Crippen LogP contribution in [0.4, 0.5) is 22.0 Å². The van der Waals surface area contributed by atoms with Gasteiger partial charge in [-0.25, -0.2) is 8.78 Å². The smallest absolute Gasteiger partial charge is 0.207 e. The van der Waals surface area contributed by atoms with Crippen LogP contribution in [0, 0.1) is 11.6 Å². The number of alkyl halides is 3. The van der Waals surface area contributed by atoms with E-state index in [1.165, 1.54) is 0 Å². The van der Waals surface area contributed by atoms with Gasteiger partial charge >= 0.3 is 6.18 Å². The zero-order valence-electron chi connectivity index (χ0n) is 6.78. The quantitative estimate of drug-likeness (QED) is 0.489. The van der Waals surface area contributed by atoms with Crippen molar-refractivity contribution in [2.24, 2.45) is 0 Å². The molecular weight excluding hydrogens is 202 g/mol. The lowest BCUT2D eigenvalue weighted by molar-refractivity contribution is -0.131. The molecule has 74 valence electrons. The van der Waals surface area contributed by atoms with Crippen molar-refractivity contribution in [3.05, 3.63) is 35.4 Å². The fraction of sp³-hybridized carbons (Fsp3) is 0.250. The van der Waals surface area contributed by atoms with Gasteiger partial charge in [-0.1, -0.05) is 0 Å². The summed E-state index contributed by atoms with van der Waals surface area (Å²) in [6.45, 7) is 0. The van der Waals surface area contributed by atoms with Crippen LogP contribution in [0.15, 0.2) is 18.2 Å². The summed E-state index contributed by atoms with van der Waals surface area (Å²) < 4.78 is 61.1. The minimum Gasteiger partial charge on any atom is -0.207 e. The lowest BCUT2D eigenvalue weighted by Crippen LogP contribution is -2.21. The maximum Gasteiger partial charge on any atom is 0.388 e. The van der Waals surface area contributed by atoms with Crippen LogP contribution in [0.1, 0.15) is 11.4 Å². The van der Waals surface area contributed by atoms with Crippen LogP contribution in [0.2, 0.25) is 0 Å². The third-order valence-corrected chi connectivity index (χ3v) is 1.60. The largest absolute Gasteiger partial charge is 0.388 e. The minimum atomic E-state index is -4.71. The highest BCUT2D eigenvalue weighted by Gasteiger charge is 2.36. The summed E-state index contributed by atoms with van der Waals surface area (Å²) in [5.74, 6) is -4.54. The summed E-state index contributed by atoms with van der Waals surface area (Å²) in [5.41, 5.74) is -0.630. The number of benzene rings is 1. The fourth-order valence-electron chi connectivity index (χ4n) is 0.944. The fourth-order valence-corrected chi connectivity index (χ4v) is 0.944. The highest BCUT2D eigenvalue weighted by molar-refractivity contribution is 6.13. The highest BCUT2D eigenvalue weighted by Crippen LogP contribution is 2.32. The molecule has 0 spiro atoms. The van der Waals surface area contributed by atoms with Gasteiger partial charge in [0.15, 0.2) is 0 Å². The van der Waals surface area contributed by atoms with Crippen molar-refractivity contribution < 1.29 is 22.0 Å². The van der Waals surface area contributed by atoms with Crippen molar-refractivity contribution in [2.75, 3.05) is 0 Å². The van der Waals surface area contributed by atoms with E-state index in [1.54, 1.807) is 0 Å². The van der Waals surface area contributed by atoms with E-state index in [9.17, 15) is 22.0 Å². The molecule has 0 bridgehead atoms. The molecule has 0 fully saturated rings. The molecule has 0 nitrogen and oxygen atoms in total. The molecule has 0 amide bonds. The van der Waals surface area contributed by atoms with E-state index < -0.39 is 29.2 Å². The van der Waals surface area contributed by atoms with Crippen LogP contribution in [-0.2, 0) is 0 Å². The Labute approximate surface area is 78.1 Å². The third kappa shape index (κ3) is 2.46. The number of hydrogen-bond acceptors (Lipinski definition) is 0. The second-order valence-electron chi connectivity index (χ2n) is 2.72. The Morgan fingerprint density at radius 1 is 1.00 bits per heavy atom. The van der Waals surface area contributed by atoms with Crippen LogP contribution in [0.5, 0.6) is 0 Å². The molecule has 6 heteroatoms. The standard InChI is InChI=1S/C8H4BF5/c9-7(8(12,13)14)4-1-5(10)3-6(11)2-4/h1-3,7H. The normalized spacial score (nSPS) is 14.1. The van der Waals surface area contributed by atoms with Crippen molar-refractivity contribution in [2.45, 2.75) is 12.0 Å². The van der Waals surface area contributed by atoms with E-state index in [0.717, 1.165) is 0 Å². The van der Waals surface area contributed by atoms with Gasteiger partial charge in [-0.15, -0.1) is 0 Å². The van der Waals surface area contributed by atoms with Gasteiger partial charge < -0.3 is 0 Å². The summed E-state index contributed by atoms with van der Waals surface area (Å²) in [6, 6.07) is 1.59. The van der Waals surface area contributed by atoms with Gasteiger partial charge in [0.05, 0.1) is 7.85 Å². The first-order chi connectivity index (χ1) is 6.30. The van der Waals surface area contributed by atoms with Crippen LogP contribution in [-0.4, -0.2) is 14.0 Å². The molecule has 0 heterocycles. The molecule has 1 aromatic rings. The van der Waals surface area contributed by atoms with Crippen LogP contribution < -0.4 is 0 Å². The molecule has 0 saturated heterocycles. The summed E-state index contributed by atoms with van der Waals surface area (Å²) in [7, 11) is 4.75. The van der Waals surface area contributed by atoms with Gasteiger partial charge in [0.2, 0.25) is 0 Å². The first-order valence-electron chi connectivity index (χ1n) is 3.59. The molecule has 1 unspecified atom stereocenters. The van der Waals surface area contributed by atoms with E-state index in [0.29, 0.717) is 18.2 Å². The van der Waals surface area contributed by atoms with E-state index in [2.05, 4.69) is 0 Å². The minimum absolute atomic E-state index is 0.479. The highest BCUT2D eigenvalue weighted by atomic mass is 19.4. The van der Waals surface area contributed by atoms with Crippen molar-refractivity contribution in [3.8, 4) is 0 Å². The zero-order chi connectivity index (χ0) is 10.9. The Hall–Kier alpha value is -1.07. The van der Waals surface area contributed by atoms with Crippen molar-refractivity contribution in [1.82, 2.24) is 0 Å². The van der Waals surface area contributed by atoms with E-state index >= 15 is 0 Å². The van der Waals surface area contributed by atoms with Crippen molar-refractivity contribution >= 4 is 7.85 Å². The third-order valence-electron chi connectivity index (χ3n) is 1.60. The van der Waals surface area contributed by atoms with E-state index in [1.807, 2.05) is 0 Å². The van der Waals surface area contributed by atoms with Gasteiger partial charge in [-0.05, 0) is 17.7 Å². The first-order valence-corrected chi connectivity index (χ1v) is 3.59. The lowest BCUT2D eigenvalue weighted by Gasteiger charge is -2.16. The Morgan fingerprint density at radius 2 is 1.43 bits per heavy atom. The molecule has 14 heavy (non-hydrogen) atoms. The van der Waals surface area contributed by atoms with Gasteiger partial charge in [0.25, 0.3) is 0 Å². The summed E-state index contributed by atoms with van der Waals surface area (Å²) in [5, 5.41) is 0. The van der Waals surface area contributed by atoms with E-state index in [-0.39, 0.29) is 0 Å². The maximum absolute atomic E-state index is 12.5. The van der Waals surface area contributed by atoms with Crippen LogP contribution >= 0.6 is 0 Å². The predicted molar refractivity (Wildman–Crippen MR) is 40.9 cm³/mol.